The summed E-state index contributed by atoms with van der Waals surface area (Å²) < 4.78 is 55.8. The van der Waals surface area contributed by atoms with Gasteiger partial charge in [-0.05, 0) is 61.9 Å². The van der Waals surface area contributed by atoms with E-state index in [-0.39, 0.29) is 5.69 Å². The highest BCUT2D eigenvalue weighted by Gasteiger charge is 2.34. The lowest BCUT2D eigenvalue weighted by molar-refractivity contribution is -0.137. The molecule has 2 aromatic rings. The van der Waals surface area contributed by atoms with E-state index in [4.69, 9.17) is 0 Å². The fraction of sp³-hybridized carbons (Fsp3) is 0.478. The average Bonchev–Trinajstić information content (AvgIpc) is 2.73. The second kappa shape index (κ2) is 8.61. The summed E-state index contributed by atoms with van der Waals surface area (Å²) in [5.74, 6) is 1.31. The summed E-state index contributed by atoms with van der Waals surface area (Å²) in [6, 6.07) is 10.9. The van der Waals surface area contributed by atoms with Crippen molar-refractivity contribution in [3.05, 3.63) is 53.6 Å². The van der Waals surface area contributed by atoms with E-state index in [0.717, 1.165) is 43.1 Å². The van der Waals surface area contributed by atoms with Crippen LogP contribution >= 0.6 is 0 Å². The first kappa shape index (κ1) is 21.2. The minimum Gasteiger partial charge on any atom is -0.370 e. The van der Waals surface area contributed by atoms with Crippen molar-refractivity contribution in [2.75, 3.05) is 22.7 Å². The van der Waals surface area contributed by atoms with Crippen LogP contribution in [0, 0.1) is 18.8 Å². The van der Waals surface area contributed by atoms with Crippen molar-refractivity contribution in [3.63, 3.8) is 0 Å². The zero-order valence-corrected chi connectivity index (χ0v) is 17.9. The van der Waals surface area contributed by atoms with Crippen LogP contribution in [0.2, 0.25) is 0 Å². The van der Waals surface area contributed by atoms with Gasteiger partial charge >= 0.3 is 6.18 Å². The van der Waals surface area contributed by atoms with Gasteiger partial charge in [0.25, 0.3) is 0 Å². The number of piperidine rings is 1. The molecule has 1 heterocycles. The summed E-state index contributed by atoms with van der Waals surface area (Å²) in [7, 11) is -1.64. The summed E-state index contributed by atoms with van der Waals surface area (Å²) >= 11 is 0. The maximum Gasteiger partial charge on any atom is 0.416 e. The van der Waals surface area contributed by atoms with E-state index in [1.54, 1.807) is 12.1 Å². The largest absolute Gasteiger partial charge is 0.416 e. The lowest BCUT2D eigenvalue weighted by Gasteiger charge is -2.42. The molecule has 3 atom stereocenters. The number of anilines is 2. The summed E-state index contributed by atoms with van der Waals surface area (Å²) in [5.41, 5.74) is 1.28. The number of aryl methyl sites for hydroxylation is 1. The van der Waals surface area contributed by atoms with Gasteiger partial charge in [0.2, 0.25) is 0 Å². The molecule has 1 saturated heterocycles. The van der Waals surface area contributed by atoms with Crippen LogP contribution in [0.3, 0.4) is 0 Å². The number of halogens is 3. The van der Waals surface area contributed by atoms with E-state index in [2.05, 4.69) is 9.62 Å². The molecule has 3 nitrogen and oxygen atoms in total. The quantitative estimate of drug-likeness (QED) is 0.622. The number of alkyl halides is 3. The van der Waals surface area contributed by atoms with Crippen molar-refractivity contribution < 1.29 is 17.4 Å². The standard InChI is InChI=1S/C23H27F3N2OS/c1-16-6-9-20(10-7-16)30(29)27-21-14-19(23(24,25)26)8-11-22(21)28-13-12-17-4-2-3-5-18(17)15-28/h6-11,14,17-18,27H,2-5,12-13,15H2,1H3/t17-,18?,30?/m0/s1. The summed E-state index contributed by atoms with van der Waals surface area (Å²) in [6.07, 6.45) is 1.56. The van der Waals surface area contributed by atoms with Crippen molar-refractivity contribution in [2.45, 2.75) is 50.1 Å². The summed E-state index contributed by atoms with van der Waals surface area (Å²) in [4.78, 5) is 2.70. The first-order chi connectivity index (χ1) is 14.3. The lowest BCUT2D eigenvalue weighted by atomic mass is 9.75. The molecule has 0 amide bonds. The Morgan fingerprint density at radius 1 is 1.00 bits per heavy atom. The molecule has 0 aromatic heterocycles. The molecule has 0 radical (unpaired) electrons. The number of hydrogen-bond donors (Lipinski definition) is 1. The van der Waals surface area contributed by atoms with Gasteiger partial charge in [-0.2, -0.15) is 13.2 Å². The van der Waals surface area contributed by atoms with Gasteiger partial charge in [0.1, 0.15) is 11.0 Å². The average molecular weight is 437 g/mol. The first-order valence-corrected chi connectivity index (χ1v) is 11.7. The molecule has 1 saturated carbocycles. The van der Waals surface area contributed by atoms with Crippen LogP contribution in [-0.2, 0) is 17.2 Å². The van der Waals surface area contributed by atoms with Crippen LogP contribution in [0.4, 0.5) is 24.5 Å². The molecule has 1 aliphatic heterocycles. The van der Waals surface area contributed by atoms with Gasteiger partial charge in [-0.3, -0.25) is 4.72 Å². The fourth-order valence-corrected chi connectivity index (χ4v) is 5.57. The van der Waals surface area contributed by atoms with Crippen LogP contribution in [0.5, 0.6) is 0 Å². The molecule has 2 unspecified atom stereocenters. The number of hydrogen-bond acceptors (Lipinski definition) is 2. The predicted octanol–water partition coefficient (Wildman–Crippen LogP) is 6.17. The SMILES string of the molecule is Cc1ccc(S(=O)Nc2cc(C(F)(F)F)ccc2N2CC[C@@H]3CCCCC3C2)cc1. The summed E-state index contributed by atoms with van der Waals surface area (Å²) in [6.45, 7) is 3.60. The maximum atomic E-state index is 13.4. The van der Waals surface area contributed by atoms with Crippen molar-refractivity contribution in [2.24, 2.45) is 11.8 Å². The Morgan fingerprint density at radius 2 is 1.70 bits per heavy atom. The number of benzene rings is 2. The molecule has 0 spiro atoms. The minimum atomic E-state index is -4.45. The van der Waals surface area contributed by atoms with Crippen molar-refractivity contribution in [1.82, 2.24) is 0 Å². The third-order valence-corrected chi connectivity index (χ3v) is 7.50. The number of fused-ring (bicyclic) bond motifs is 1. The zero-order valence-electron chi connectivity index (χ0n) is 17.0. The first-order valence-electron chi connectivity index (χ1n) is 10.5. The topological polar surface area (TPSA) is 32.3 Å². The van der Waals surface area contributed by atoms with Crippen LogP contribution in [0.15, 0.2) is 47.4 Å². The minimum absolute atomic E-state index is 0.276. The molecule has 30 heavy (non-hydrogen) atoms. The molecule has 4 rings (SSSR count). The Kier molecular flexibility index (Phi) is 6.09. The van der Waals surface area contributed by atoms with Crippen LogP contribution in [0.1, 0.15) is 43.2 Å². The van der Waals surface area contributed by atoms with Gasteiger partial charge in [0.05, 0.1) is 21.8 Å². The zero-order chi connectivity index (χ0) is 21.3. The number of rotatable bonds is 4. The molecule has 0 bridgehead atoms. The maximum absolute atomic E-state index is 13.4. The van der Waals surface area contributed by atoms with Crippen molar-refractivity contribution >= 4 is 22.4 Å². The van der Waals surface area contributed by atoms with E-state index >= 15 is 0 Å². The van der Waals surface area contributed by atoms with E-state index in [0.29, 0.717) is 16.5 Å². The third-order valence-electron chi connectivity index (χ3n) is 6.39. The Labute approximate surface area is 178 Å². The molecule has 1 aliphatic carbocycles. The Bertz CT molecular complexity index is 914. The fourth-order valence-electron chi connectivity index (χ4n) is 4.71. The van der Waals surface area contributed by atoms with Crippen LogP contribution in [0.25, 0.3) is 0 Å². The van der Waals surface area contributed by atoms with E-state index in [9.17, 15) is 17.4 Å². The van der Waals surface area contributed by atoms with Gasteiger partial charge in [-0.25, -0.2) is 4.21 Å². The van der Waals surface area contributed by atoms with Crippen LogP contribution < -0.4 is 9.62 Å². The molecular weight excluding hydrogens is 409 g/mol. The van der Waals surface area contributed by atoms with Gasteiger partial charge in [0.15, 0.2) is 0 Å². The van der Waals surface area contributed by atoms with Crippen molar-refractivity contribution in [1.29, 1.82) is 0 Å². The van der Waals surface area contributed by atoms with Gasteiger partial charge in [0, 0.05) is 13.1 Å². The van der Waals surface area contributed by atoms with E-state index in [1.165, 1.54) is 31.7 Å². The molecule has 2 fully saturated rings. The predicted molar refractivity (Wildman–Crippen MR) is 115 cm³/mol. The van der Waals surface area contributed by atoms with E-state index in [1.807, 2.05) is 19.1 Å². The highest BCUT2D eigenvalue weighted by atomic mass is 32.2. The molecule has 2 aliphatic rings. The Morgan fingerprint density at radius 3 is 2.40 bits per heavy atom. The smallest absolute Gasteiger partial charge is 0.370 e. The number of nitrogens with one attached hydrogen (secondary N) is 1. The molecule has 7 heteroatoms. The second-order valence-electron chi connectivity index (χ2n) is 8.45. The molecule has 162 valence electrons. The van der Waals surface area contributed by atoms with Crippen LogP contribution in [-0.4, -0.2) is 17.3 Å². The number of nitrogens with zero attached hydrogens (tertiary/aromatic N) is 1. The molecular formula is C23H27F3N2OS. The van der Waals surface area contributed by atoms with Gasteiger partial charge < -0.3 is 4.90 Å². The Hall–Kier alpha value is -2.02. The second-order valence-corrected chi connectivity index (χ2v) is 9.67. The highest BCUT2D eigenvalue weighted by Crippen LogP contribution is 2.41. The summed E-state index contributed by atoms with van der Waals surface area (Å²) in [5, 5.41) is 0. The van der Waals surface area contributed by atoms with Gasteiger partial charge in [-0.1, -0.05) is 37.0 Å². The van der Waals surface area contributed by atoms with E-state index < -0.39 is 22.7 Å². The van der Waals surface area contributed by atoms with Crippen molar-refractivity contribution in [3.8, 4) is 0 Å². The van der Waals surface area contributed by atoms with Gasteiger partial charge in [-0.15, -0.1) is 0 Å². The molecule has 2 aromatic carbocycles. The monoisotopic (exact) mass is 436 g/mol. The molecule has 1 N–H and O–H groups in total. The normalized spacial score (nSPS) is 23.0. The third kappa shape index (κ3) is 4.66. The highest BCUT2D eigenvalue weighted by molar-refractivity contribution is 7.86. The lowest BCUT2D eigenvalue weighted by Crippen LogP contribution is -2.42. The Balaban J connectivity index is 1.62.